The second-order valence-corrected chi connectivity index (χ2v) is 7.76. The maximum atomic E-state index is 8.95. The highest BCUT2D eigenvalue weighted by Gasteiger charge is 2.12. The lowest BCUT2D eigenvalue weighted by molar-refractivity contribution is 0.303. The number of hydrogen-bond donors (Lipinski definition) is 1. The second kappa shape index (κ2) is 12.4. The van der Waals surface area contributed by atoms with Crippen molar-refractivity contribution in [1.82, 2.24) is 0 Å². The van der Waals surface area contributed by atoms with Gasteiger partial charge in [0.1, 0.15) is 5.75 Å². The van der Waals surface area contributed by atoms with E-state index < -0.39 is 0 Å². The average Bonchev–Trinajstić information content (AvgIpc) is 2.70. The van der Waals surface area contributed by atoms with E-state index in [-0.39, 0.29) is 0 Å². The molecule has 1 aromatic carbocycles. The van der Waals surface area contributed by atoms with Crippen LogP contribution in [0.25, 0.3) is 17.2 Å². The monoisotopic (exact) mass is 370 g/mol. The maximum Gasteiger partial charge on any atom is 0.392 e. The largest absolute Gasteiger partial charge is 0.492 e. The SMILES string of the molecule is CCC(C)CCCCCCCCCOc1ccc2c(c1C#[N+]O)=CCCC=2. The molecule has 0 aromatic heterocycles. The third-order valence-electron chi connectivity index (χ3n) is 5.58. The van der Waals surface area contributed by atoms with E-state index in [1.54, 1.807) is 0 Å². The molecule has 1 aromatic rings. The van der Waals surface area contributed by atoms with Gasteiger partial charge in [-0.2, -0.15) is 5.21 Å². The number of unbranched alkanes of at least 4 members (excludes halogenated alkanes) is 6. The molecule has 0 heterocycles. The average molecular weight is 371 g/mol. The number of benzene rings is 1. The smallest absolute Gasteiger partial charge is 0.392 e. The molecule has 0 spiro atoms. The van der Waals surface area contributed by atoms with Gasteiger partial charge >= 0.3 is 6.07 Å². The zero-order chi connectivity index (χ0) is 19.3. The molecule has 0 saturated heterocycles. The lowest BCUT2D eigenvalue weighted by Crippen LogP contribution is -2.30. The number of ether oxygens (including phenoxy) is 1. The molecule has 0 saturated carbocycles. The highest BCUT2D eigenvalue weighted by Crippen LogP contribution is 2.16. The van der Waals surface area contributed by atoms with E-state index in [4.69, 9.17) is 9.94 Å². The van der Waals surface area contributed by atoms with E-state index in [0.717, 1.165) is 41.7 Å². The highest BCUT2D eigenvalue weighted by molar-refractivity contribution is 5.52. The molecule has 27 heavy (non-hydrogen) atoms. The predicted octanol–water partition coefficient (Wildman–Crippen LogP) is 5.66. The second-order valence-electron chi connectivity index (χ2n) is 7.76. The van der Waals surface area contributed by atoms with Crippen LogP contribution in [0.1, 0.15) is 90.0 Å². The molecule has 0 fully saturated rings. The summed E-state index contributed by atoms with van der Waals surface area (Å²) in [4.78, 5) is 0. The van der Waals surface area contributed by atoms with E-state index in [9.17, 15) is 0 Å². The Bertz CT molecular complexity index is 742. The van der Waals surface area contributed by atoms with Gasteiger partial charge in [0.15, 0.2) is 5.56 Å². The van der Waals surface area contributed by atoms with Crippen LogP contribution in [0.15, 0.2) is 12.1 Å². The summed E-state index contributed by atoms with van der Waals surface area (Å²) in [5.74, 6) is 1.65. The minimum Gasteiger partial charge on any atom is -0.492 e. The summed E-state index contributed by atoms with van der Waals surface area (Å²) >= 11 is 0. The first-order valence-electron chi connectivity index (χ1n) is 10.8. The summed E-state index contributed by atoms with van der Waals surface area (Å²) in [5.41, 5.74) is 0.771. The van der Waals surface area contributed by atoms with Crippen molar-refractivity contribution in [2.75, 3.05) is 6.61 Å². The van der Waals surface area contributed by atoms with Crippen molar-refractivity contribution in [3.05, 3.63) is 33.1 Å². The summed E-state index contributed by atoms with van der Waals surface area (Å²) in [7, 11) is 0. The number of rotatable bonds is 12. The number of fused-ring (bicyclic) bond motifs is 1. The quantitative estimate of drug-likeness (QED) is 0.381. The van der Waals surface area contributed by atoms with E-state index in [1.165, 1.54) is 56.6 Å². The van der Waals surface area contributed by atoms with Crippen molar-refractivity contribution in [2.45, 2.75) is 84.5 Å². The van der Waals surface area contributed by atoms with Crippen molar-refractivity contribution in [3.8, 4) is 11.8 Å². The van der Waals surface area contributed by atoms with E-state index in [1.807, 2.05) is 6.07 Å². The van der Waals surface area contributed by atoms with Gasteiger partial charge in [-0.1, -0.05) is 83.4 Å². The Labute approximate surface area is 164 Å². The molecule has 0 aliphatic heterocycles. The topological polar surface area (TPSA) is 33.8 Å². The molecule has 1 N–H and O–H groups in total. The van der Waals surface area contributed by atoms with E-state index >= 15 is 0 Å². The molecule has 148 valence electrons. The van der Waals surface area contributed by atoms with Gasteiger partial charge in [0.05, 0.1) is 6.61 Å². The van der Waals surface area contributed by atoms with Crippen LogP contribution >= 0.6 is 0 Å². The summed E-state index contributed by atoms with van der Waals surface area (Å²) in [5, 5.41) is 14.3. The molecule has 2 rings (SSSR count). The molecule has 1 atom stereocenters. The Kier molecular flexibility index (Phi) is 9.84. The Morgan fingerprint density at radius 2 is 1.74 bits per heavy atom. The molecule has 3 heteroatoms. The summed E-state index contributed by atoms with van der Waals surface area (Å²) < 4.78 is 5.97. The molecular weight excluding hydrogens is 334 g/mol. The molecule has 0 amide bonds. The van der Waals surface area contributed by atoms with Crippen LogP contribution in [0.4, 0.5) is 0 Å². The van der Waals surface area contributed by atoms with Crippen LogP contribution in [-0.4, -0.2) is 11.8 Å². The van der Waals surface area contributed by atoms with Crippen LogP contribution in [0.3, 0.4) is 0 Å². The lowest BCUT2D eigenvalue weighted by atomic mass is 10.00. The van der Waals surface area contributed by atoms with Crippen molar-refractivity contribution in [3.63, 3.8) is 0 Å². The van der Waals surface area contributed by atoms with Crippen molar-refractivity contribution >= 4 is 12.2 Å². The Morgan fingerprint density at radius 1 is 1.04 bits per heavy atom. The zero-order valence-corrected chi connectivity index (χ0v) is 17.2. The van der Waals surface area contributed by atoms with E-state index in [2.05, 4.69) is 43.1 Å². The van der Waals surface area contributed by atoms with Crippen LogP contribution in [0, 0.1) is 12.0 Å². The molecule has 0 bridgehead atoms. The summed E-state index contributed by atoms with van der Waals surface area (Å²) in [6, 6.07) is 6.76. The third kappa shape index (κ3) is 7.29. The van der Waals surface area contributed by atoms with Gasteiger partial charge in [-0.25, -0.2) is 0 Å². The fraction of sp³-hybridized carbons (Fsp3) is 0.625. The Balaban J connectivity index is 1.67. The maximum absolute atomic E-state index is 8.95. The fourth-order valence-corrected chi connectivity index (χ4v) is 3.63. The van der Waals surface area contributed by atoms with Gasteiger partial charge < -0.3 is 4.74 Å². The number of nitrogens with zero attached hydrogens (tertiary/aromatic N) is 1. The normalized spacial score (nSPS) is 13.6. The van der Waals surface area contributed by atoms with Crippen molar-refractivity contribution in [2.24, 2.45) is 5.92 Å². The van der Waals surface area contributed by atoms with Gasteiger partial charge in [0, 0.05) is 5.22 Å². The summed E-state index contributed by atoms with van der Waals surface area (Å²) in [6.07, 6.45) is 18.2. The minimum atomic E-state index is 0.705. The fourth-order valence-electron chi connectivity index (χ4n) is 3.63. The van der Waals surface area contributed by atoms with Gasteiger partial charge in [-0.15, -0.1) is 0 Å². The van der Waals surface area contributed by atoms with Gasteiger partial charge in [0.25, 0.3) is 0 Å². The third-order valence-corrected chi connectivity index (χ3v) is 5.58. The number of hydrogen-bond acceptors (Lipinski definition) is 2. The lowest BCUT2D eigenvalue weighted by Gasteiger charge is -2.09. The standard InChI is InChI=1S/C24H35NO2/c1-3-20(2)13-9-7-5-4-6-8-12-18-27-24-17-16-21-14-10-11-15-22(21)23(24)19-25-26/h14-17,20H,3-13,18H2,1-2H3/p+1. The van der Waals surface area contributed by atoms with Crippen LogP contribution < -0.4 is 15.2 Å². The molecule has 0 radical (unpaired) electrons. The molecule has 1 aliphatic rings. The first-order valence-corrected chi connectivity index (χ1v) is 10.8. The Morgan fingerprint density at radius 3 is 2.48 bits per heavy atom. The molecule has 1 aliphatic carbocycles. The Hall–Kier alpha value is -1.95. The van der Waals surface area contributed by atoms with Crippen LogP contribution in [0.5, 0.6) is 5.75 Å². The summed E-state index contributed by atoms with van der Waals surface area (Å²) in [6.45, 7) is 5.34. The molecule has 1 unspecified atom stereocenters. The minimum absolute atomic E-state index is 0.705. The van der Waals surface area contributed by atoms with Crippen LogP contribution in [-0.2, 0) is 0 Å². The predicted molar refractivity (Wildman–Crippen MR) is 114 cm³/mol. The van der Waals surface area contributed by atoms with E-state index in [0.29, 0.717) is 6.61 Å². The van der Waals surface area contributed by atoms with Gasteiger partial charge in [-0.3, -0.25) is 0 Å². The van der Waals surface area contributed by atoms with Crippen LogP contribution in [0.2, 0.25) is 0 Å². The van der Waals surface area contributed by atoms with Gasteiger partial charge in [-0.05, 0) is 36.5 Å². The molecular formula is C24H36NO2+. The highest BCUT2D eigenvalue weighted by atomic mass is 16.5. The van der Waals surface area contributed by atoms with Crippen molar-refractivity contribution in [1.29, 1.82) is 0 Å². The first-order chi connectivity index (χ1) is 13.3. The zero-order valence-electron chi connectivity index (χ0n) is 17.2. The van der Waals surface area contributed by atoms with Crippen molar-refractivity contribution < 1.29 is 9.94 Å². The first kappa shape index (κ1) is 21.4. The molecule has 3 nitrogen and oxygen atoms in total. The van der Waals surface area contributed by atoms with Gasteiger partial charge in [0.2, 0.25) is 5.01 Å².